The Hall–Kier alpha value is -2.98. The normalized spacial score (nSPS) is 15.8. The van der Waals surface area contributed by atoms with Crippen LogP contribution in [0, 0.1) is 5.82 Å². The zero-order valence-electron chi connectivity index (χ0n) is 18.4. The highest BCUT2D eigenvalue weighted by Crippen LogP contribution is 2.20. The molecule has 0 aromatic heterocycles. The van der Waals surface area contributed by atoms with Gasteiger partial charge in [-0.3, -0.25) is 13.9 Å². The van der Waals surface area contributed by atoms with Crippen molar-refractivity contribution in [3.05, 3.63) is 59.9 Å². The van der Waals surface area contributed by atoms with E-state index in [2.05, 4.69) is 10.6 Å². The Kier molecular flexibility index (Phi) is 8.40. The van der Waals surface area contributed by atoms with E-state index in [1.54, 1.807) is 24.3 Å². The van der Waals surface area contributed by atoms with E-state index in [-0.39, 0.29) is 37.3 Å². The zero-order valence-corrected chi connectivity index (χ0v) is 19.2. The molecule has 2 N–H and O–H groups in total. The lowest BCUT2D eigenvalue weighted by molar-refractivity contribution is -0.116. The number of sulfonamides is 1. The van der Waals surface area contributed by atoms with Crippen molar-refractivity contribution in [1.29, 1.82) is 0 Å². The second-order valence-electron chi connectivity index (χ2n) is 7.85. The van der Waals surface area contributed by atoms with Crippen LogP contribution < -0.4 is 14.9 Å². The Morgan fingerprint density at radius 3 is 2.55 bits per heavy atom. The van der Waals surface area contributed by atoms with Crippen molar-refractivity contribution in [3.63, 3.8) is 0 Å². The van der Waals surface area contributed by atoms with Crippen LogP contribution in [-0.4, -0.2) is 52.3 Å². The quantitative estimate of drug-likeness (QED) is 0.548. The number of rotatable bonds is 10. The third-order valence-electron chi connectivity index (χ3n) is 5.24. The SMILES string of the molecule is CS(=O)(=O)N(CCCC(=O)Nc1ccccc1C(=O)NCC1CCCO1)c1ccc(F)cc1. The lowest BCUT2D eigenvalue weighted by Gasteiger charge is -2.22. The Morgan fingerprint density at radius 1 is 1.15 bits per heavy atom. The van der Waals surface area contributed by atoms with Gasteiger partial charge in [-0.2, -0.15) is 0 Å². The van der Waals surface area contributed by atoms with Gasteiger partial charge in [0.25, 0.3) is 5.91 Å². The predicted octanol–water partition coefficient (Wildman–Crippen LogP) is 2.92. The molecule has 2 amide bonds. The van der Waals surface area contributed by atoms with Crippen molar-refractivity contribution >= 4 is 33.2 Å². The van der Waals surface area contributed by atoms with Gasteiger partial charge in [-0.05, 0) is 55.7 Å². The van der Waals surface area contributed by atoms with E-state index in [9.17, 15) is 22.4 Å². The Morgan fingerprint density at radius 2 is 1.88 bits per heavy atom. The Bertz CT molecular complexity index is 1070. The monoisotopic (exact) mass is 477 g/mol. The first-order valence-corrected chi connectivity index (χ1v) is 12.6. The molecule has 1 unspecified atom stereocenters. The van der Waals surface area contributed by atoms with Crippen molar-refractivity contribution in [1.82, 2.24) is 5.32 Å². The number of nitrogens with zero attached hydrogens (tertiary/aromatic N) is 1. The molecular weight excluding hydrogens is 449 g/mol. The second-order valence-corrected chi connectivity index (χ2v) is 9.76. The Labute approximate surface area is 193 Å². The molecule has 178 valence electrons. The molecule has 1 heterocycles. The standard InChI is InChI=1S/C23H28FN3O5S/c1-33(30,31)27(18-12-10-17(24)11-13-18)14-4-9-22(28)26-21-8-3-2-7-20(21)23(29)25-16-19-6-5-15-32-19/h2-3,7-8,10-13,19H,4-6,9,14-16H2,1H3,(H,25,29)(H,26,28). The molecule has 33 heavy (non-hydrogen) atoms. The molecule has 1 fully saturated rings. The Balaban J connectivity index is 1.56. The van der Waals surface area contributed by atoms with Crippen molar-refractivity contribution in [2.45, 2.75) is 31.8 Å². The molecule has 1 aliphatic heterocycles. The number of halogens is 1. The third kappa shape index (κ3) is 7.26. The number of anilines is 2. The maximum atomic E-state index is 13.2. The molecule has 8 nitrogen and oxygen atoms in total. The van der Waals surface area contributed by atoms with Crippen LogP contribution in [0.1, 0.15) is 36.0 Å². The molecule has 2 aromatic rings. The zero-order chi connectivity index (χ0) is 23.8. The summed E-state index contributed by atoms with van der Waals surface area (Å²) in [5.41, 5.74) is 1.05. The third-order valence-corrected chi connectivity index (χ3v) is 6.43. The molecule has 0 aliphatic carbocycles. The van der Waals surface area contributed by atoms with Crippen LogP contribution in [0.25, 0.3) is 0 Å². The highest BCUT2D eigenvalue weighted by atomic mass is 32.2. The van der Waals surface area contributed by atoms with E-state index >= 15 is 0 Å². The van der Waals surface area contributed by atoms with Gasteiger partial charge in [0.15, 0.2) is 0 Å². The van der Waals surface area contributed by atoms with Crippen LogP contribution in [0.3, 0.4) is 0 Å². The molecule has 3 rings (SSSR count). The number of carbonyl (C=O) groups excluding carboxylic acids is 2. The number of para-hydroxylation sites is 1. The van der Waals surface area contributed by atoms with Crippen LogP contribution in [0.2, 0.25) is 0 Å². The summed E-state index contributed by atoms with van der Waals surface area (Å²) < 4.78 is 44.1. The first-order valence-electron chi connectivity index (χ1n) is 10.8. The van der Waals surface area contributed by atoms with Gasteiger partial charge in [-0.25, -0.2) is 12.8 Å². The highest BCUT2D eigenvalue weighted by Gasteiger charge is 2.20. The number of hydrogen-bond donors (Lipinski definition) is 2. The van der Waals surface area contributed by atoms with Gasteiger partial charge in [0.05, 0.1) is 29.3 Å². The number of hydrogen-bond acceptors (Lipinski definition) is 5. The molecule has 2 aromatic carbocycles. The summed E-state index contributed by atoms with van der Waals surface area (Å²) >= 11 is 0. The summed E-state index contributed by atoms with van der Waals surface area (Å²) in [7, 11) is -3.60. The maximum Gasteiger partial charge on any atom is 0.253 e. The van der Waals surface area contributed by atoms with Crippen LogP contribution >= 0.6 is 0 Å². The molecule has 1 saturated heterocycles. The highest BCUT2D eigenvalue weighted by molar-refractivity contribution is 7.92. The summed E-state index contributed by atoms with van der Waals surface area (Å²) in [4.78, 5) is 25.1. The van der Waals surface area contributed by atoms with E-state index in [1.807, 2.05) is 0 Å². The van der Waals surface area contributed by atoms with Crippen molar-refractivity contribution in [3.8, 4) is 0 Å². The number of amides is 2. The molecule has 1 aliphatic rings. The molecule has 0 bridgehead atoms. The fraction of sp³-hybridized carbons (Fsp3) is 0.391. The predicted molar refractivity (Wildman–Crippen MR) is 124 cm³/mol. The van der Waals surface area contributed by atoms with E-state index in [1.165, 1.54) is 24.3 Å². The van der Waals surface area contributed by atoms with Crippen LogP contribution in [0.4, 0.5) is 15.8 Å². The summed E-state index contributed by atoms with van der Waals surface area (Å²) in [6.07, 6.45) is 3.23. The van der Waals surface area contributed by atoms with Gasteiger partial charge in [-0.1, -0.05) is 12.1 Å². The fourth-order valence-corrected chi connectivity index (χ4v) is 4.55. The minimum absolute atomic E-state index is 0.00889. The van der Waals surface area contributed by atoms with Gasteiger partial charge in [0.2, 0.25) is 15.9 Å². The molecule has 0 radical (unpaired) electrons. The summed E-state index contributed by atoms with van der Waals surface area (Å²) in [5, 5.41) is 5.57. The molecule has 0 spiro atoms. The first kappa shape index (κ1) is 24.7. The average Bonchev–Trinajstić information content (AvgIpc) is 3.29. The van der Waals surface area contributed by atoms with Crippen molar-refractivity contribution in [2.24, 2.45) is 0 Å². The van der Waals surface area contributed by atoms with E-state index in [0.29, 0.717) is 30.1 Å². The van der Waals surface area contributed by atoms with E-state index in [0.717, 1.165) is 23.4 Å². The number of ether oxygens (including phenoxy) is 1. The summed E-state index contributed by atoms with van der Waals surface area (Å²) in [6, 6.07) is 11.8. The number of carbonyl (C=O) groups is 2. The summed E-state index contributed by atoms with van der Waals surface area (Å²) in [5.74, 6) is -1.12. The lowest BCUT2D eigenvalue weighted by Crippen LogP contribution is -2.32. The molecule has 10 heteroatoms. The van der Waals surface area contributed by atoms with Crippen LogP contribution in [-0.2, 0) is 19.6 Å². The number of nitrogens with one attached hydrogen (secondary N) is 2. The minimum atomic E-state index is -3.60. The molecule has 0 saturated carbocycles. The fourth-order valence-electron chi connectivity index (χ4n) is 3.59. The molecule has 1 atom stereocenters. The summed E-state index contributed by atoms with van der Waals surface area (Å²) in [6.45, 7) is 1.17. The topological polar surface area (TPSA) is 105 Å². The van der Waals surface area contributed by atoms with Crippen LogP contribution in [0.5, 0.6) is 0 Å². The van der Waals surface area contributed by atoms with Crippen LogP contribution in [0.15, 0.2) is 48.5 Å². The van der Waals surface area contributed by atoms with Gasteiger partial charge < -0.3 is 15.4 Å². The first-order chi connectivity index (χ1) is 15.7. The second kappa shape index (κ2) is 11.2. The van der Waals surface area contributed by atoms with Crippen molar-refractivity contribution < 1.29 is 27.1 Å². The smallest absolute Gasteiger partial charge is 0.253 e. The van der Waals surface area contributed by atoms with E-state index in [4.69, 9.17) is 4.74 Å². The van der Waals surface area contributed by atoms with Crippen molar-refractivity contribution in [2.75, 3.05) is 35.6 Å². The number of benzene rings is 2. The maximum absolute atomic E-state index is 13.2. The minimum Gasteiger partial charge on any atom is -0.376 e. The average molecular weight is 478 g/mol. The van der Waals surface area contributed by atoms with E-state index < -0.39 is 15.8 Å². The van der Waals surface area contributed by atoms with Gasteiger partial charge in [0, 0.05) is 26.1 Å². The van der Waals surface area contributed by atoms with Gasteiger partial charge >= 0.3 is 0 Å². The largest absolute Gasteiger partial charge is 0.376 e. The van der Waals surface area contributed by atoms with Gasteiger partial charge in [-0.15, -0.1) is 0 Å². The molecular formula is C23H28FN3O5S. The van der Waals surface area contributed by atoms with Gasteiger partial charge in [0.1, 0.15) is 5.82 Å². The lowest BCUT2D eigenvalue weighted by atomic mass is 10.1.